The zero-order chi connectivity index (χ0) is 19.4. The van der Waals surface area contributed by atoms with E-state index < -0.39 is 10.0 Å². The average Bonchev–Trinajstić information content (AvgIpc) is 2.69. The highest BCUT2D eigenvalue weighted by Gasteiger charge is 2.25. The molecule has 0 bridgehead atoms. The molecule has 0 saturated carbocycles. The van der Waals surface area contributed by atoms with Crippen LogP contribution in [0.4, 0.5) is 11.4 Å². The standard InChI is InChI=1S/C18H22N4O4S/c1-2-27(25,26)22-11-9-21(10-12-22)16-6-4-15(5-7-16)20-18(24)14-3-8-17(23)19-13-14/h3-8,13H,2,9-12H2,1H3,(H,19,23)(H,20,24). The molecule has 144 valence electrons. The quantitative estimate of drug-likeness (QED) is 0.796. The van der Waals surface area contributed by atoms with Gasteiger partial charge in [0.1, 0.15) is 0 Å². The molecule has 8 nitrogen and oxygen atoms in total. The smallest absolute Gasteiger partial charge is 0.257 e. The third kappa shape index (κ3) is 4.55. The minimum Gasteiger partial charge on any atom is -0.369 e. The molecule has 0 radical (unpaired) electrons. The lowest BCUT2D eigenvalue weighted by atomic mass is 10.2. The number of sulfonamides is 1. The molecular weight excluding hydrogens is 368 g/mol. The van der Waals surface area contributed by atoms with Crippen molar-refractivity contribution in [3.63, 3.8) is 0 Å². The van der Waals surface area contributed by atoms with Crippen LogP contribution >= 0.6 is 0 Å². The molecule has 1 fully saturated rings. The number of benzene rings is 1. The first-order chi connectivity index (χ1) is 12.9. The van der Waals surface area contributed by atoms with Crippen molar-refractivity contribution < 1.29 is 13.2 Å². The average molecular weight is 390 g/mol. The van der Waals surface area contributed by atoms with Gasteiger partial charge in [0.25, 0.3) is 5.91 Å². The largest absolute Gasteiger partial charge is 0.369 e. The second kappa shape index (κ2) is 7.93. The van der Waals surface area contributed by atoms with Crippen molar-refractivity contribution >= 4 is 27.3 Å². The molecule has 1 aliphatic rings. The van der Waals surface area contributed by atoms with Crippen molar-refractivity contribution in [3.8, 4) is 0 Å². The van der Waals surface area contributed by atoms with E-state index in [4.69, 9.17) is 0 Å². The van der Waals surface area contributed by atoms with Gasteiger partial charge in [-0.3, -0.25) is 9.59 Å². The maximum atomic E-state index is 12.2. The van der Waals surface area contributed by atoms with Crippen LogP contribution in [0.1, 0.15) is 17.3 Å². The molecule has 1 aliphatic heterocycles. The fourth-order valence-corrected chi connectivity index (χ4v) is 4.00. The monoisotopic (exact) mass is 390 g/mol. The van der Waals surface area contributed by atoms with E-state index in [0.29, 0.717) is 37.4 Å². The molecule has 1 aromatic carbocycles. The van der Waals surface area contributed by atoms with E-state index in [0.717, 1.165) is 5.69 Å². The van der Waals surface area contributed by atoms with Crippen LogP contribution in [0.25, 0.3) is 0 Å². The molecule has 1 aromatic heterocycles. The van der Waals surface area contributed by atoms with Crippen LogP contribution in [-0.4, -0.2) is 55.5 Å². The van der Waals surface area contributed by atoms with E-state index in [-0.39, 0.29) is 17.2 Å². The van der Waals surface area contributed by atoms with Gasteiger partial charge in [-0.1, -0.05) is 0 Å². The van der Waals surface area contributed by atoms with Gasteiger partial charge in [-0.15, -0.1) is 0 Å². The number of pyridine rings is 1. The van der Waals surface area contributed by atoms with E-state index in [1.807, 2.05) is 12.1 Å². The molecule has 1 saturated heterocycles. The zero-order valence-corrected chi connectivity index (χ0v) is 15.8. The molecule has 0 unspecified atom stereocenters. The highest BCUT2D eigenvalue weighted by atomic mass is 32.2. The van der Waals surface area contributed by atoms with Gasteiger partial charge in [-0.05, 0) is 37.3 Å². The van der Waals surface area contributed by atoms with Crippen molar-refractivity contribution in [2.24, 2.45) is 0 Å². The van der Waals surface area contributed by atoms with E-state index in [2.05, 4.69) is 15.2 Å². The number of nitrogens with one attached hydrogen (secondary N) is 2. The molecule has 2 heterocycles. The van der Waals surface area contributed by atoms with Gasteiger partial charge in [-0.25, -0.2) is 8.42 Å². The van der Waals surface area contributed by atoms with Crippen LogP contribution in [0.3, 0.4) is 0 Å². The molecule has 0 atom stereocenters. The molecule has 3 rings (SSSR count). The minimum atomic E-state index is -3.14. The Morgan fingerprint density at radius 2 is 1.74 bits per heavy atom. The number of rotatable bonds is 5. The van der Waals surface area contributed by atoms with Crippen molar-refractivity contribution in [1.82, 2.24) is 9.29 Å². The first-order valence-corrected chi connectivity index (χ1v) is 10.3. The number of anilines is 2. The fourth-order valence-electron chi connectivity index (χ4n) is 2.92. The van der Waals surface area contributed by atoms with Gasteiger partial charge in [0.15, 0.2) is 0 Å². The molecule has 0 spiro atoms. The van der Waals surface area contributed by atoms with E-state index in [9.17, 15) is 18.0 Å². The number of carbonyl (C=O) groups excluding carboxylic acids is 1. The Morgan fingerprint density at radius 1 is 1.07 bits per heavy atom. The maximum absolute atomic E-state index is 12.2. The highest BCUT2D eigenvalue weighted by Crippen LogP contribution is 2.20. The second-order valence-corrected chi connectivity index (χ2v) is 8.49. The Morgan fingerprint density at radius 3 is 2.30 bits per heavy atom. The number of H-pyrrole nitrogens is 1. The number of hydrogen-bond donors (Lipinski definition) is 2. The van der Waals surface area contributed by atoms with Crippen molar-refractivity contribution in [1.29, 1.82) is 0 Å². The molecule has 1 amide bonds. The third-order valence-corrected chi connectivity index (χ3v) is 6.42. The SMILES string of the molecule is CCS(=O)(=O)N1CCN(c2ccc(NC(=O)c3ccc(=O)[nH]c3)cc2)CC1. The van der Waals surface area contributed by atoms with E-state index in [1.54, 1.807) is 19.1 Å². The molecule has 9 heteroatoms. The topological polar surface area (TPSA) is 103 Å². The number of hydrogen-bond acceptors (Lipinski definition) is 5. The predicted octanol–water partition coefficient (Wildman–Crippen LogP) is 1.10. The van der Waals surface area contributed by atoms with Gasteiger partial charge < -0.3 is 15.2 Å². The lowest BCUT2D eigenvalue weighted by Gasteiger charge is -2.35. The van der Waals surface area contributed by atoms with Crippen LogP contribution < -0.4 is 15.8 Å². The van der Waals surface area contributed by atoms with Gasteiger partial charge in [-0.2, -0.15) is 4.31 Å². The molecule has 2 aromatic rings. The number of amides is 1. The summed E-state index contributed by atoms with van der Waals surface area (Å²) in [6.07, 6.45) is 1.37. The summed E-state index contributed by atoms with van der Waals surface area (Å²) < 4.78 is 25.4. The van der Waals surface area contributed by atoms with E-state index >= 15 is 0 Å². The first-order valence-electron chi connectivity index (χ1n) is 8.72. The fraction of sp³-hybridized carbons (Fsp3) is 0.333. The molecular formula is C18H22N4O4S. The van der Waals surface area contributed by atoms with Crippen molar-refractivity contribution in [2.45, 2.75) is 6.92 Å². The summed E-state index contributed by atoms with van der Waals surface area (Å²) in [5.41, 5.74) is 1.72. The summed E-state index contributed by atoms with van der Waals surface area (Å²) in [6.45, 7) is 3.86. The number of piperazine rings is 1. The Kier molecular flexibility index (Phi) is 5.62. The van der Waals surface area contributed by atoms with Gasteiger partial charge in [0.05, 0.1) is 11.3 Å². The van der Waals surface area contributed by atoms with Crippen molar-refractivity contribution in [2.75, 3.05) is 42.1 Å². The number of aromatic amines is 1. The highest BCUT2D eigenvalue weighted by molar-refractivity contribution is 7.89. The number of carbonyl (C=O) groups is 1. The summed E-state index contributed by atoms with van der Waals surface area (Å²) in [4.78, 5) is 27.8. The summed E-state index contributed by atoms with van der Waals surface area (Å²) in [5.74, 6) is -0.186. The Labute approximate surface area is 157 Å². The minimum absolute atomic E-state index is 0.122. The predicted molar refractivity (Wildman–Crippen MR) is 105 cm³/mol. The summed E-state index contributed by atoms with van der Waals surface area (Å²) in [5, 5.41) is 2.78. The third-order valence-electron chi connectivity index (χ3n) is 4.53. The molecule has 27 heavy (non-hydrogen) atoms. The Bertz CT molecular complexity index is 941. The van der Waals surface area contributed by atoms with Crippen LogP contribution in [-0.2, 0) is 10.0 Å². The van der Waals surface area contributed by atoms with Gasteiger partial charge in [0.2, 0.25) is 15.6 Å². The van der Waals surface area contributed by atoms with Gasteiger partial charge >= 0.3 is 0 Å². The molecule has 2 N–H and O–H groups in total. The maximum Gasteiger partial charge on any atom is 0.257 e. The summed E-state index contributed by atoms with van der Waals surface area (Å²) in [6, 6.07) is 10.2. The zero-order valence-electron chi connectivity index (χ0n) is 15.0. The number of nitrogens with zero attached hydrogens (tertiary/aromatic N) is 2. The van der Waals surface area contributed by atoms with Crippen LogP contribution in [0, 0.1) is 0 Å². The van der Waals surface area contributed by atoms with E-state index in [1.165, 1.54) is 22.6 Å². The number of aromatic nitrogens is 1. The Balaban J connectivity index is 1.60. The van der Waals surface area contributed by atoms with Crippen molar-refractivity contribution in [3.05, 3.63) is 58.5 Å². The van der Waals surface area contributed by atoms with Gasteiger partial charge in [0, 0.05) is 49.8 Å². The first kappa shape index (κ1) is 19.1. The lowest BCUT2D eigenvalue weighted by molar-refractivity contribution is 0.102. The van der Waals surface area contributed by atoms with Crippen LogP contribution in [0.5, 0.6) is 0 Å². The lowest BCUT2D eigenvalue weighted by Crippen LogP contribution is -2.49. The molecule has 0 aliphatic carbocycles. The second-order valence-electron chi connectivity index (χ2n) is 6.23. The normalized spacial score (nSPS) is 15.5. The summed E-state index contributed by atoms with van der Waals surface area (Å²) in [7, 11) is -3.14. The van der Waals surface area contributed by atoms with Crippen LogP contribution in [0.2, 0.25) is 0 Å². The summed E-state index contributed by atoms with van der Waals surface area (Å²) >= 11 is 0. The van der Waals surface area contributed by atoms with Crippen LogP contribution in [0.15, 0.2) is 47.4 Å². The Hall–Kier alpha value is -2.65.